The van der Waals surface area contributed by atoms with E-state index in [2.05, 4.69) is 34.9 Å². The molecule has 0 amide bonds. The monoisotopic (exact) mass is 419 g/mol. The number of nitriles is 1. The summed E-state index contributed by atoms with van der Waals surface area (Å²) in [5.74, 6) is 0.450. The number of rotatable bonds is 7. The average Bonchev–Trinajstić information content (AvgIpc) is 3.18. The smallest absolute Gasteiger partial charge is 0.338 e. The minimum Gasteiger partial charge on any atom is -0.495 e. The number of carbonyl (C=O) groups is 1. The molecule has 162 valence electrons. The zero-order chi connectivity index (χ0) is 21.8. The molecule has 0 spiro atoms. The standard InChI is InChI=1S/C25H29N3O3/c1-18(13-20-3-5-21(16-26)24(15-20)30-2)28-11-9-27(10-12-28)8-7-19-4-6-23-22(14-19)17-31-25(23)29/h3-6,14-15,18H,7-13,17H2,1-2H3. The number of benzene rings is 2. The Labute approximate surface area is 184 Å². The van der Waals surface area contributed by atoms with Crippen LogP contribution < -0.4 is 4.74 Å². The number of hydrogen-bond acceptors (Lipinski definition) is 6. The van der Waals surface area contributed by atoms with Crippen LogP contribution in [-0.2, 0) is 24.2 Å². The lowest BCUT2D eigenvalue weighted by atomic mass is 10.0. The van der Waals surface area contributed by atoms with Crippen molar-refractivity contribution < 1.29 is 14.3 Å². The zero-order valence-corrected chi connectivity index (χ0v) is 18.3. The normalized spacial score (nSPS) is 17.6. The molecular formula is C25H29N3O3. The Morgan fingerprint density at radius 2 is 1.90 bits per heavy atom. The van der Waals surface area contributed by atoms with E-state index < -0.39 is 0 Å². The number of hydrogen-bond donors (Lipinski definition) is 0. The van der Waals surface area contributed by atoms with Crippen molar-refractivity contribution >= 4 is 5.97 Å². The summed E-state index contributed by atoms with van der Waals surface area (Å²) in [4.78, 5) is 16.6. The molecule has 1 unspecified atom stereocenters. The molecule has 0 N–H and O–H groups in total. The number of cyclic esters (lactones) is 1. The summed E-state index contributed by atoms with van der Waals surface area (Å²) >= 11 is 0. The molecule has 1 saturated heterocycles. The molecule has 6 heteroatoms. The van der Waals surface area contributed by atoms with Crippen molar-refractivity contribution in [3.8, 4) is 11.8 Å². The average molecular weight is 420 g/mol. The van der Waals surface area contributed by atoms with Crippen LogP contribution in [0.15, 0.2) is 36.4 Å². The maximum absolute atomic E-state index is 11.6. The van der Waals surface area contributed by atoms with Gasteiger partial charge in [-0.1, -0.05) is 18.2 Å². The van der Waals surface area contributed by atoms with Crippen molar-refractivity contribution in [2.75, 3.05) is 39.8 Å². The molecule has 4 rings (SSSR count). The van der Waals surface area contributed by atoms with E-state index in [1.54, 1.807) is 7.11 Å². The number of esters is 1. The van der Waals surface area contributed by atoms with Gasteiger partial charge >= 0.3 is 5.97 Å². The van der Waals surface area contributed by atoms with Crippen molar-refractivity contribution in [2.24, 2.45) is 0 Å². The van der Waals surface area contributed by atoms with Crippen LogP contribution in [0.2, 0.25) is 0 Å². The predicted molar refractivity (Wildman–Crippen MR) is 118 cm³/mol. The Balaban J connectivity index is 1.25. The summed E-state index contributed by atoms with van der Waals surface area (Å²) in [6, 6.07) is 14.5. The topological polar surface area (TPSA) is 65.8 Å². The van der Waals surface area contributed by atoms with Gasteiger partial charge in [0.25, 0.3) is 0 Å². The van der Waals surface area contributed by atoms with E-state index in [9.17, 15) is 4.79 Å². The first-order valence-corrected chi connectivity index (χ1v) is 10.9. The number of nitrogens with zero attached hydrogens (tertiary/aromatic N) is 3. The minimum atomic E-state index is -0.203. The largest absolute Gasteiger partial charge is 0.495 e. The molecule has 2 aliphatic rings. The second kappa shape index (κ2) is 9.51. The van der Waals surface area contributed by atoms with Gasteiger partial charge in [0.15, 0.2) is 0 Å². The number of ether oxygens (including phenoxy) is 2. The third-order valence-corrected chi connectivity index (χ3v) is 6.41. The Morgan fingerprint density at radius 3 is 2.65 bits per heavy atom. The van der Waals surface area contributed by atoms with Gasteiger partial charge in [0, 0.05) is 44.3 Å². The summed E-state index contributed by atoms with van der Waals surface area (Å²) in [5.41, 5.74) is 4.77. The van der Waals surface area contributed by atoms with Gasteiger partial charge < -0.3 is 14.4 Å². The fraction of sp³-hybridized carbons (Fsp3) is 0.440. The predicted octanol–water partition coefficient (Wildman–Crippen LogP) is 3.03. The highest BCUT2D eigenvalue weighted by atomic mass is 16.5. The Hall–Kier alpha value is -2.88. The second-order valence-electron chi connectivity index (χ2n) is 8.39. The Kier molecular flexibility index (Phi) is 6.55. The van der Waals surface area contributed by atoms with Crippen molar-refractivity contribution in [1.29, 1.82) is 5.26 Å². The van der Waals surface area contributed by atoms with Crippen molar-refractivity contribution in [3.05, 3.63) is 64.2 Å². The highest BCUT2D eigenvalue weighted by Gasteiger charge is 2.23. The van der Waals surface area contributed by atoms with E-state index in [-0.39, 0.29) is 5.97 Å². The highest BCUT2D eigenvalue weighted by Crippen LogP contribution is 2.23. The lowest BCUT2D eigenvalue weighted by Gasteiger charge is -2.38. The first-order valence-electron chi connectivity index (χ1n) is 10.9. The number of fused-ring (bicyclic) bond motifs is 1. The van der Waals surface area contributed by atoms with Crippen molar-refractivity contribution in [2.45, 2.75) is 32.4 Å². The van der Waals surface area contributed by atoms with Gasteiger partial charge in [-0.15, -0.1) is 0 Å². The van der Waals surface area contributed by atoms with Gasteiger partial charge in [0.1, 0.15) is 18.4 Å². The fourth-order valence-corrected chi connectivity index (χ4v) is 4.48. The Bertz CT molecular complexity index is 990. The van der Waals surface area contributed by atoms with Crippen LogP contribution in [0.1, 0.15) is 39.5 Å². The van der Waals surface area contributed by atoms with Crippen LogP contribution in [0.5, 0.6) is 5.75 Å². The lowest BCUT2D eigenvalue weighted by molar-refractivity contribution is 0.0535. The second-order valence-corrected chi connectivity index (χ2v) is 8.39. The maximum atomic E-state index is 11.6. The third-order valence-electron chi connectivity index (χ3n) is 6.41. The number of piperazine rings is 1. The summed E-state index contributed by atoms with van der Waals surface area (Å²) in [5, 5.41) is 9.16. The van der Waals surface area contributed by atoms with Gasteiger partial charge in [-0.25, -0.2) is 4.79 Å². The van der Waals surface area contributed by atoms with Crippen LogP contribution in [0, 0.1) is 11.3 Å². The Morgan fingerprint density at radius 1 is 1.13 bits per heavy atom. The molecular weight excluding hydrogens is 390 g/mol. The molecule has 2 heterocycles. The van der Waals surface area contributed by atoms with Crippen LogP contribution in [-0.4, -0.2) is 61.6 Å². The lowest BCUT2D eigenvalue weighted by Crippen LogP contribution is -2.50. The first kappa shape index (κ1) is 21.4. The van der Waals surface area contributed by atoms with Crippen molar-refractivity contribution in [3.63, 3.8) is 0 Å². The zero-order valence-electron chi connectivity index (χ0n) is 18.3. The van der Waals surface area contributed by atoms with E-state index in [0.717, 1.165) is 51.1 Å². The van der Waals surface area contributed by atoms with E-state index >= 15 is 0 Å². The first-order chi connectivity index (χ1) is 15.1. The molecule has 2 aromatic rings. The highest BCUT2D eigenvalue weighted by molar-refractivity contribution is 5.93. The van der Waals surface area contributed by atoms with E-state index in [1.807, 2.05) is 24.3 Å². The molecule has 0 radical (unpaired) electrons. The molecule has 1 fully saturated rings. The van der Waals surface area contributed by atoms with Gasteiger partial charge in [0.05, 0.1) is 18.2 Å². The van der Waals surface area contributed by atoms with Crippen LogP contribution in [0.3, 0.4) is 0 Å². The van der Waals surface area contributed by atoms with Crippen LogP contribution in [0.4, 0.5) is 0 Å². The van der Waals surface area contributed by atoms with Crippen LogP contribution >= 0.6 is 0 Å². The SMILES string of the molecule is COc1cc(CC(C)N2CCN(CCc3ccc4c(c3)COC4=O)CC2)ccc1C#N. The summed E-state index contributed by atoms with van der Waals surface area (Å²) < 4.78 is 10.4. The van der Waals surface area contributed by atoms with E-state index in [1.165, 1.54) is 11.1 Å². The molecule has 0 aromatic heterocycles. The molecule has 0 saturated carbocycles. The summed E-state index contributed by atoms with van der Waals surface area (Å²) in [6.45, 7) is 7.95. The molecule has 2 aliphatic heterocycles. The molecule has 6 nitrogen and oxygen atoms in total. The number of carbonyl (C=O) groups excluding carboxylic acids is 1. The fourth-order valence-electron chi connectivity index (χ4n) is 4.48. The molecule has 31 heavy (non-hydrogen) atoms. The maximum Gasteiger partial charge on any atom is 0.338 e. The number of methoxy groups -OCH3 is 1. The van der Waals surface area contributed by atoms with Crippen LogP contribution in [0.25, 0.3) is 0 Å². The van der Waals surface area contributed by atoms with Gasteiger partial charge in [-0.2, -0.15) is 5.26 Å². The van der Waals surface area contributed by atoms with E-state index in [4.69, 9.17) is 14.7 Å². The molecule has 0 aliphatic carbocycles. The third kappa shape index (κ3) is 4.90. The summed E-state index contributed by atoms with van der Waals surface area (Å²) in [7, 11) is 1.61. The van der Waals surface area contributed by atoms with Gasteiger partial charge in [-0.3, -0.25) is 4.90 Å². The quantitative estimate of drug-likeness (QED) is 0.643. The summed E-state index contributed by atoms with van der Waals surface area (Å²) in [6.07, 6.45) is 1.93. The van der Waals surface area contributed by atoms with E-state index in [0.29, 0.717) is 29.5 Å². The van der Waals surface area contributed by atoms with Crippen molar-refractivity contribution in [1.82, 2.24) is 9.80 Å². The minimum absolute atomic E-state index is 0.203. The molecule has 1 atom stereocenters. The molecule has 2 aromatic carbocycles. The van der Waals surface area contributed by atoms with Gasteiger partial charge in [0.2, 0.25) is 0 Å². The molecule has 0 bridgehead atoms. The van der Waals surface area contributed by atoms with Gasteiger partial charge in [-0.05, 0) is 49.1 Å².